The van der Waals surface area contributed by atoms with Crippen LogP contribution in [0.5, 0.6) is 0 Å². The Labute approximate surface area is 630 Å². The Hall–Kier alpha value is -5.06. The second-order valence-electron chi connectivity index (χ2n) is 26.3. The van der Waals surface area contributed by atoms with Crippen molar-refractivity contribution in [1.29, 1.82) is 0 Å². The lowest BCUT2D eigenvalue weighted by molar-refractivity contribution is -0.161. The number of unbranched alkanes of at least 4 members (excludes halogenated alkanes) is 26. The lowest BCUT2D eigenvalue weighted by atomic mass is 10.1. The Balaban J connectivity index is 5.50. The minimum absolute atomic E-state index is 0.0103. The standard InChI is InChI=1S/C85H142O17P2/c1-5-9-13-17-21-25-29-33-37-39-43-46-50-54-58-62-66-70-83(88)96-76-80(101-84(89)71-67-63-59-55-51-47-42-36-32-28-24-20-16-12-8-4)77-99-103(91,92)97-73-79(86)74-98-104(93,94)100-78-81(75-95-82(87)69-65-61-57-53-49-45-41-35-31-27-23-19-15-11-7-3)102-85(90)72-68-64-60-56-52-48-44-40-38-34-30-26-22-18-14-10-6-2/h21-22,25-28,31-38,41-44,46,48,54,56,58,60,79-81,86H,5-20,23-24,29-30,39-40,45,47,49-53,55,57,59,61-78H2,1-4H3,(H,91,92)(H,93,94)/b25-21-,26-22-,31-27-,32-28-,37-33-,38-34-,41-35-,42-36-,46-43-,48-44-,58-54-,60-56-/t79-,80-,81-/m1/s1. The van der Waals surface area contributed by atoms with Gasteiger partial charge in [0, 0.05) is 25.7 Å². The van der Waals surface area contributed by atoms with Crippen molar-refractivity contribution in [1.82, 2.24) is 0 Å². The van der Waals surface area contributed by atoms with Gasteiger partial charge in [0.2, 0.25) is 0 Å². The Kier molecular flexibility index (Phi) is 72.4. The molecular formula is C85H142O17P2. The van der Waals surface area contributed by atoms with E-state index in [0.717, 1.165) is 128 Å². The third kappa shape index (κ3) is 75.2. The monoisotopic (exact) mass is 1500 g/mol. The third-order valence-corrected chi connectivity index (χ3v) is 18.2. The lowest BCUT2D eigenvalue weighted by Crippen LogP contribution is -2.30. The maximum absolute atomic E-state index is 13.1. The Morgan fingerprint density at radius 1 is 0.279 bits per heavy atom. The summed E-state index contributed by atoms with van der Waals surface area (Å²) in [6.07, 6.45) is 86.9. The predicted molar refractivity (Wildman–Crippen MR) is 427 cm³/mol. The van der Waals surface area contributed by atoms with Gasteiger partial charge in [0.15, 0.2) is 12.2 Å². The van der Waals surface area contributed by atoms with Crippen LogP contribution in [-0.2, 0) is 65.4 Å². The fourth-order valence-electron chi connectivity index (χ4n) is 10.1. The molecule has 104 heavy (non-hydrogen) atoms. The van der Waals surface area contributed by atoms with Crippen molar-refractivity contribution in [2.45, 2.75) is 329 Å². The van der Waals surface area contributed by atoms with E-state index >= 15 is 0 Å². The van der Waals surface area contributed by atoms with E-state index < -0.39 is 97.5 Å². The van der Waals surface area contributed by atoms with Crippen LogP contribution in [0.15, 0.2) is 146 Å². The first-order chi connectivity index (χ1) is 50.7. The number of ether oxygens (including phenoxy) is 4. The van der Waals surface area contributed by atoms with Crippen LogP contribution in [0.3, 0.4) is 0 Å². The number of aliphatic hydroxyl groups excluding tert-OH is 1. The normalized spacial score (nSPS) is 14.6. The molecule has 594 valence electrons. The average Bonchev–Trinajstić information content (AvgIpc) is 0.909. The van der Waals surface area contributed by atoms with Crippen molar-refractivity contribution in [3.63, 3.8) is 0 Å². The largest absolute Gasteiger partial charge is 0.472 e. The summed E-state index contributed by atoms with van der Waals surface area (Å²) < 4.78 is 68.5. The van der Waals surface area contributed by atoms with Gasteiger partial charge in [-0.3, -0.25) is 37.3 Å². The van der Waals surface area contributed by atoms with Crippen molar-refractivity contribution < 1.29 is 80.2 Å². The van der Waals surface area contributed by atoms with E-state index in [1.165, 1.54) is 89.9 Å². The highest BCUT2D eigenvalue weighted by Gasteiger charge is 2.30. The lowest BCUT2D eigenvalue weighted by Gasteiger charge is -2.21. The number of phosphoric acid groups is 2. The molecule has 0 saturated heterocycles. The Morgan fingerprint density at radius 3 is 0.846 bits per heavy atom. The fourth-order valence-corrected chi connectivity index (χ4v) is 11.7. The number of phosphoric ester groups is 2. The topological polar surface area (TPSA) is 237 Å². The molecule has 0 bridgehead atoms. The van der Waals surface area contributed by atoms with Gasteiger partial charge in [-0.1, -0.05) is 276 Å². The Bertz CT molecular complexity index is 2540. The molecule has 0 saturated carbocycles. The molecule has 19 heteroatoms. The van der Waals surface area contributed by atoms with Crippen LogP contribution in [0.4, 0.5) is 0 Å². The number of rotatable bonds is 74. The molecule has 3 N–H and O–H groups in total. The maximum Gasteiger partial charge on any atom is 0.472 e. The van der Waals surface area contributed by atoms with Crippen molar-refractivity contribution in [3.05, 3.63) is 146 Å². The summed E-state index contributed by atoms with van der Waals surface area (Å²) in [5.74, 6) is -2.35. The van der Waals surface area contributed by atoms with Crippen molar-refractivity contribution >= 4 is 39.5 Å². The molecule has 17 nitrogen and oxygen atoms in total. The first-order valence-electron chi connectivity index (χ1n) is 40.1. The molecule has 0 spiro atoms. The van der Waals surface area contributed by atoms with Gasteiger partial charge in [0.1, 0.15) is 19.3 Å². The molecule has 2 unspecified atom stereocenters. The smallest absolute Gasteiger partial charge is 0.462 e. The van der Waals surface area contributed by atoms with Crippen LogP contribution >= 0.6 is 15.6 Å². The summed E-state index contributed by atoms with van der Waals surface area (Å²) in [6, 6.07) is 0. The summed E-state index contributed by atoms with van der Waals surface area (Å²) in [5, 5.41) is 10.6. The number of esters is 4. The summed E-state index contributed by atoms with van der Waals surface area (Å²) in [5.41, 5.74) is 0. The summed E-state index contributed by atoms with van der Waals surface area (Å²) in [7, 11) is -10.0. The minimum Gasteiger partial charge on any atom is -0.462 e. The number of hydrogen-bond acceptors (Lipinski definition) is 15. The second kappa shape index (κ2) is 76.1. The van der Waals surface area contributed by atoms with Crippen molar-refractivity contribution in [3.8, 4) is 0 Å². The summed E-state index contributed by atoms with van der Waals surface area (Å²) >= 11 is 0. The molecular weight excluding hydrogens is 1350 g/mol. The van der Waals surface area contributed by atoms with Gasteiger partial charge < -0.3 is 33.8 Å². The molecule has 0 amide bonds. The van der Waals surface area contributed by atoms with E-state index in [1.807, 2.05) is 24.3 Å². The van der Waals surface area contributed by atoms with Gasteiger partial charge in [-0.25, -0.2) is 9.13 Å². The van der Waals surface area contributed by atoms with Crippen LogP contribution in [-0.4, -0.2) is 96.7 Å². The van der Waals surface area contributed by atoms with Crippen LogP contribution in [0.25, 0.3) is 0 Å². The summed E-state index contributed by atoms with van der Waals surface area (Å²) in [6.45, 7) is 4.61. The van der Waals surface area contributed by atoms with E-state index in [1.54, 1.807) is 0 Å². The first-order valence-corrected chi connectivity index (χ1v) is 43.1. The van der Waals surface area contributed by atoms with Crippen LogP contribution < -0.4 is 0 Å². The molecule has 0 aliphatic carbocycles. The molecule has 0 radical (unpaired) electrons. The highest BCUT2D eigenvalue weighted by atomic mass is 31.2. The van der Waals surface area contributed by atoms with E-state index in [9.17, 15) is 43.2 Å². The Morgan fingerprint density at radius 2 is 0.510 bits per heavy atom. The predicted octanol–water partition coefficient (Wildman–Crippen LogP) is 23.4. The number of carbonyl (C=O) groups excluding carboxylic acids is 4. The third-order valence-electron chi connectivity index (χ3n) is 16.3. The van der Waals surface area contributed by atoms with E-state index in [-0.39, 0.29) is 25.7 Å². The van der Waals surface area contributed by atoms with Gasteiger partial charge in [-0.2, -0.15) is 0 Å². The number of hydrogen-bond donors (Lipinski definition) is 3. The molecule has 0 aliphatic rings. The number of carbonyl (C=O) groups is 4. The fraction of sp³-hybridized carbons (Fsp3) is 0.671. The van der Waals surface area contributed by atoms with Gasteiger partial charge >= 0.3 is 39.5 Å². The molecule has 0 rings (SSSR count). The van der Waals surface area contributed by atoms with Gasteiger partial charge in [0.05, 0.1) is 26.4 Å². The van der Waals surface area contributed by atoms with Gasteiger partial charge in [-0.05, 0) is 154 Å². The van der Waals surface area contributed by atoms with Gasteiger partial charge in [-0.15, -0.1) is 0 Å². The molecule has 0 aromatic heterocycles. The number of aliphatic hydroxyl groups is 1. The highest BCUT2D eigenvalue weighted by Crippen LogP contribution is 2.45. The molecule has 0 heterocycles. The zero-order valence-electron chi connectivity index (χ0n) is 64.9. The van der Waals surface area contributed by atoms with Crippen molar-refractivity contribution in [2.24, 2.45) is 0 Å². The molecule has 0 aromatic carbocycles. The molecule has 0 aromatic rings. The molecule has 0 fully saturated rings. The first kappa shape index (κ1) is 98.9. The van der Waals surface area contributed by atoms with Crippen LogP contribution in [0.1, 0.15) is 310 Å². The molecule has 5 atom stereocenters. The highest BCUT2D eigenvalue weighted by molar-refractivity contribution is 7.47. The molecule has 0 aliphatic heterocycles. The average molecular weight is 1500 g/mol. The van der Waals surface area contributed by atoms with Crippen LogP contribution in [0.2, 0.25) is 0 Å². The van der Waals surface area contributed by atoms with Crippen LogP contribution in [0, 0.1) is 0 Å². The second-order valence-corrected chi connectivity index (χ2v) is 29.3. The van der Waals surface area contributed by atoms with Gasteiger partial charge in [0.25, 0.3) is 0 Å². The zero-order chi connectivity index (χ0) is 76.0. The van der Waals surface area contributed by atoms with E-state index in [2.05, 4.69) is 149 Å². The summed E-state index contributed by atoms with van der Waals surface area (Å²) in [4.78, 5) is 73.0. The SMILES string of the molecule is CCCCC/C=C\C/C=C\C/C=C\C/C=C\CCCC(=O)OC[C@H](COP(=O)(O)OC[C@@H](O)COP(=O)(O)OC[C@@H](COC(=O)CCCCCCC/C=C\C=C/CCCCCC)OC(=O)CCC/C=C\C/C=C\C/C=C\C/C=C\CCCCC)OC(=O)CCCCCCC/C=C\C=C/CCCCCC. The van der Waals surface area contributed by atoms with E-state index in [0.29, 0.717) is 38.5 Å². The van der Waals surface area contributed by atoms with Crippen molar-refractivity contribution in [2.75, 3.05) is 39.6 Å². The van der Waals surface area contributed by atoms with E-state index in [4.69, 9.17) is 37.0 Å². The quantitative estimate of drug-likeness (QED) is 0.0128. The number of allylic oxidation sites excluding steroid dienone is 24. The minimum atomic E-state index is -5.00. The zero-order valence-corrected chi connectivity index (χ0v) is 66.7. The maximum atomic E-state index is 13.1.